The summed E-state index contributed by atoms with van der Waals surface area (Å²) in [4.78, 5) is 7.22. The number of aryl methyl sites for hydroxylation is 1. The number of aliphatic imine (C=N–C) groups is 1. The van der Waals surface area contributed by atoms with Crippen LogP contribution in [0.5, 0.6) is 0 Å². The van der Waals surface area contributed by atoms with E-state index in [4.69, 9.17) is 14.5 Å². The molecule has 0 bridgehead atoms. The summed E-state index contributed by atoms with van der Waals surface area (Å²) >= 11 is 0. The predicted molar refractivity (Wildman–Crippen MR) is 108 cm³/mol. The van der Waals surface area contributed by atoms with Crippen LogP contribution in [0.15, 0.2) is 29.3 Å². The summed E-state index contributed by atoms with van der Waals surface area (Å²) in [6, 6.07) is 8.90. The lowest BCUT2D eigenvalue weighted by molar-refractivity contribution is 0.0536. The van der Waals surface area contributed by atoms with Gasteiger partial charge in [-0.15, -0.1) is 0 Å². The van der Waals surface area contributed by atoms with Crippen LogP contribution in [-0.4, -0.2) is 64.0 Å². The molecule has 1 aromatic rings. The summed E-state index contributed by atoms with van der Waals surface area (Å²) in [7, 11) is 1.71. The Bertz CT molecular complexity index is 531. The smallest absolute Gasteiger partial charge is 0.193 e. The minimum Gasteiger partial charge on any atom is -0.382 e. The zero-order chi connectivity index (χ0) is 18.6. The van der Waals surface area contributed by atoms with Crippen molar-refractivity contribution in [2.45, 2.75) is 33.1 Å². The average molecular weight is 362 g/mol. The Morgan fingerprint density at radius 2 is 1.96 bits per heavy atom. The molecule has 0 spiro atoms. The Labute approximate surface area is 158 Å². The largest absolute Gasteiger partial charge is 0.382 e. The van der Waals surface area contributed by atoms with E-state index in [1.807, 2.05) is 0 Å². The van der Waals surface area contributed by atoms with Gasteiger partial charge in [-0.25, -0.2) is 0 Å². The topological polar surface area (TPSA) is 46.1 Å². The molecule has 5 heteroatoms. The molecule has 0 radical (unpaired) electrons. The van der Waals surface area contributed by atoms with Crippen molar-refractivity contribution in [3.8, 4) is 0 Å². The number of rotatable bonds is 10. The van der Waals surface area contributed by atoms with E-state index >= 15 is 0 Å². The molecule has 1 heterocycles. The summed E-state index contributed by atoms with van der Waals surface area (Å²) < 4.78 is 10.7. The molecule has 5 nitrogen and oxygen atoms in total. The number of hydrogen-bond donors (Lipinski definition) is 1. The van der Waals surface area contributed by atoms with Crippen molar-refractivity contribution < 1.29 is 9.47 Å². The first-order chi connectivity index (χ1) is 12.8. The summed E-state index contributed by atoms with van der Waals surface area (Å²) in [5, 5.41) is 3.44. The number of benzene rings is 1. The number of guanidine groups is 1. The van der Waals surface area contributed by atoms with Crippen molar-refractivity contribution in [2.24, 2.45) is 10.9 Å². The van der Waals surface area contributed by atoms with E-state index in [0.29, 0.717) is 19.1 Å². The Balaban J connectivity index is 1.80. The van der Waals surface area contributed by atoms with E-state index in [-0.39, 0.29) is 0 Å². The van der Waals surface area contributed by atoms with Gasteiger partial charge in [0, 0.05) is 39.2 Å². The van der Waals surface area contributed by atoms with Gasteiger partial charge in [0.15, 0.2) is 5.96 Å². The molecule has 1 fully saturated rings. The molecule has 1 saturated heterocycles. The van der Waals surface area contributed by atoms with Gasteiger partial charge in [0.05, 0.1) is 19.8 Å². The van der Waals surface area contributed by atoms with Crippen molar-refractivity contribution in [2.75, 3.05) is 53.1 Å². The number of methoxy groups -OCH3 is 1. The maximum absolute atomic E-state index is 5.69. The SMILES string of the molecule is CCNC(=NCCc1ccc(CC)cc1)N1CCC(COCCOC)C1. The van der Waals surface area contributed by atoms with Crippen molar-refractivity contribution in [3.05, 3.63) is 35.4 Å². The molecule has 2 rings (SSSR count). The van der Waals surface area contributed by atoms with Gasteiger partial charge >= 0.3 is 0 Å². The van der Waals surface area contributed by atoms with Crippen LogP contribution in [0.2, 0.25) is 0 Å². The number of hydrogen-bond acceptors (Lipinski definition) is 3. The minimum atomic E-state index is 0.581. The molecule has 1 aliphatic rings. The second kappa shape index (κ2) is 11.9. The number of nitrogens with zero attached hydrogens (tertiary/aromatic N) is 2. The first kappa shape index (κ1) is 20.7. The standard InChI is InChI=1S/C21H35N3O2/c1-4-18-6-8-19(9-7-18)10-12-23-21(22-5-2)24-13-11-20(16-24)17-26-15-14-25-3/h6-9,20H,4-5,10-17H2,1-3H3,(H,22,23). The van der Waals surface area contributed by atoms with E-state index in [0.717, 1.165) is 58.0 Å². The highest BCUT2D eigenvalue weighted by molar-refractivity contribution is 5.80. The number of ether oxygens (including phenoxy) is 2. The Kier molecular flexibility index (Phi) is 9.50. The monoisotopic (exact) mass is 361 g/mol. The summed E-state index contributed by atoms with van der Waals surface area (Å²) in [5.41, 5.74) is 2.74. The zero-order valence-electron chi connectivity index (χ0n) is 16.7. The van der Waals surface area contributed by atoms with Gasteiger partial charge in [0.25, 0.3) is 0 Å². The third-order valence-electron chi connectivity index (χ3n) is 4.80. The Hall–Kier alpha value is -1.59. The van der Waals surface area contributed by atoms with Gasteiger partial charge in [-0.1, -0.05) is 31.2 Å². The first-order valence-electron chi connectivity index (χ1n) is 9.94. The van der Waals surface area contributed by atoms with Gasteiger partial charge in [0.1, 0.15) is 0 Å². The molecule has 0 aliphatic carbocycles. The van der Waals surface area contributed by atoms with Crippen molar-refractivity contribution in [3.63, 3.8) is 0 Å². The molecule has 0 saturated carbocycles. The fourth-order valence-electron chi connectivity index (χ4n) is 3.21. The van der Waals surface area contributed by atoms with Crippen LogP contribution in [0, 0.1) is 5.92 Å². The Morgan fingerprint density at radius 3 is 2.65 bits per heavy atom. The number of nitrogens with one attached hydrogen (secondary N) is 1. The molecule has 26 heavy (non-hydrogen) atoms. The van der Waals surface area contributed by atoms with E-state index in [9.17, 15) is 0 Å². The van der Waals surface area contributed by atoms with Crippen LogP contribution in [0.3, 0.4) is 0 Å². The Morgan fingerprint density at radius 1 is 1.19 bits per heavy atom. The summed E-state index contributed by atoms with van der Waals surface area (Å²) in [6.45, 7) is 10.3. The maximum atomic E-state index is 5.69. The van der Waals surface area contributed by atoms with Crippen molar-refractivity contribution >= 4 is 5.96 Å². The maximum Gasteiger partial charge on any atom is 0.193 e. The van der Waals surface area contributed by atoms with Gasteiger partial charge in [-0.3, -0.25) is 4.99 Å². The second-order valence-electron chi connectivity index (χ2n) is 6.82. The predicted octanol–water partition coefficient (Wildman–Crippen LogP) is 2.74. The zero-order valence-corrected chi connectivity index (χ0v) is 16.7. The van der Waals surface area contributed by atoms with Crippen LogP contribution in [0.4, 0.5) is 0 Å². The second-order valence-corrected chi connectivity index (χ2v) is 6.82. The molecule has 1 N–H and O–H groups in total. The van der Waals surface area contributed by atoms with Crippen LogP contribution in [0.1, 0.15) is 31.4 Å². The van der Waals surface area contributed by atoms with Crippen LogP contribution in [0.25, 0.3) is 0 Å². The minimum absolute atomic E-state index is 0.581. The molecule has 1 atom stereocenters. The highest BCUT2D eigenvalue weighted by Crippen LogP contribution is 2.16. The highest BCUT2D eigenvalue weighted by atomic mass is 16.5. The molecule has 146 valence electrons. The van der Waals surface area contributed by atoms with E-state index in [2.05, 4.69) is 48.3 Å². The fraction of sp³-hybridized carbons (Fsp3) is 0.667. The van der Waals surface area contributed by atoms with E-state index in [1.54, 1.807) is 7.11 Å². The van der Waals surface area contributed by atoms with Gasteiger partial charge in [-0.2, -0.15) is 0 Å². The molecule has 0 aromatic heterocycles. The quantitative estimate of drug-likeness (QED) is 0.395. The average Bonchev–Trinajstić information content (AvgIpc) is 3.14. The molecular weight excluding hydrogens is 326 g/mol. The van der Waals surface area contributed by atoms with Crippen molar-refractivity contribution in [1.29, 1.82) is 0 Å². The van der Waals surface area contributed by atoms with Crippen LogP contribution < -0.4 is 5.32 Å². The van der Waals surface area contributed by atoms with Gasteiger partial charge in [-0.05, 0) is 37.3 Å². The third kappa shape index (κ3) is 6.96. The third-order valence-corrected chi connectivity index (χ3v) is 4.80. The molecular formula is C21H35N3O2. The van der Waals surface area contributed by atoms with Crippen molar-refractivity contribution in [1.82, 2.24) is 10.2 Å². The van der Waals surface area contributed by atoms with Gasteiger partial charge in [0.2, 0.25) is 0 Å². The number of likely N-dealkylation sites (tertiary alicyclic amines) is 1. The van der Waals surface area contributed by atoms with Crippen LogP contribution >= 0.6 is 0 Å². The highest BCUT2D eigenvalue weighted by Gasteiger charge is 2.24. The molecule has 1 unspecified atom stereocenters. The van der Waals surface area contributed by atoms with E-state index in [1.165, 1.54) is 11.1 Å². The lowest BCUT2D eigenvalue weighted by atomic mass is 10.1. The lowest BCUT2D eigenvalue weighted by Gasteiger charge is -2.21. The lowest BCUT2D eigenvalue weighted by Crippen LogP contribution is -2.40. The van der Waals surface area contributed by atoms with Gasteiger partial charge < -0.3 is 19.7 Å². The summed E-state index contributed by atoms with van der Waals surface area (Å²) in [5.74, 6) is 1.62. The molecule has 1 aliphatic heterocycles. The summed E-state index contributed by atoms with van der Waals surface area (Å²) in [6.07, 6.45) is 3.24. The van der Waals surface area contributed by atoms with E-state index < -0.39 is 0 Å². The fourth-order valence-corrected chi connectivity index (χ4v) is 3.21. The molecule has 0 amide bonds. The normalized spacial score (nSPS) is 17.7. The molecule has 1 aromatic carbocycles. The van der Waals surface area contributed by atoms with Crippen LogP contribution in [-0.2, 0) is 22.3 Å². The first-order valence-corrected chi connectivity index (χ1v) is 9.94.